The minimum absolute atomic E-state index is 0.103. The third-order valence-corrected chi connectivity index (χ3v) is 6.42. The molecule has 2 heteroatoms. The van der Waals surface area contributed by atoms with Crippen molar-refractivity contribution in [2.24, 2.45) is 11.7 Å². The summed E-state index contributed by atoms with van der Waals surface area (Å²) in [4.78, 5) is 11.4. The zero-order valence-electron chi connectivity index (χ0n) is 20.3. The second kappa shape index (κ2) is 23.7. The Morgan fingerprint density at radius 2 is 0.793 bits per heavy atom. The summed E-state index contributed by atoms with van der Waals surface area (Å²) in [5.74, 6) is 0.435. The standard InChI is InChI=1S/C27H55NO/c1-3-5-7-9-11-13-15-17-19-21-23-26(25-27(28)29)24-22-20-18-16-14-12-10-8-6-4-2/h26H,3-25H2,1-2H3,(H2,28,29). The number of hydrogen-bond donors (Lipinski definition) is 1. The Bertz CT molecular complexity index is 304. The lowest BCUT2D eigenvalue weighted by molar-refractivity contribution is -0.119. The van der Waals surface area contributed by atoms with E-state index < -0.39 is 0 Å². The molecular weight excluding hydrogens is 354 g/mol. The van der Waals surface area contributed by atoms with Gasteiger partial charge in [-0.1, -0.05) is 142 Å². The number of nitrogens with two attached hydrogens (primary N) is 1. The van der Waals surface area contributed by atoms with Crippen LogP contribution in [0, 0.1) is 5.92 Å². The summed E-state index contributed by atoms with van der Waals surface area (Å²) in [6, 6.07) is 0. The molecule has 0 heterocycles. The molecule has 0 fully saturated rings. The lowest BCUT2D eigenvalue weighted by Gasteiger charge is -2.15. The molecule has 0 aromatic carbocycles. The van der Waals surface area contributed by atoms with Crippen molar-refractivity contribution < 1.29 is 4.79 Å². The van der Waals surface area contributed by atoms with Crippen LogP contribution in [0.15, 0.2) is 0 Å². The Balaban J connectivity index is 3.56. The SMILES string of the molecule is CCCCCCCCCCCCC(CCCCCCCCCCCC)CC(N)=O. The maximum absolute atomic E-state index is 11.4. The lowest BCUT2D eigenvalue weighted by atomic mass is 9.91. The molecule has 0 saturated carbocycles. The van der Waals surface area contributed by atoms with Gasteiger partial charge in [0.25, 0.3) is 0 Å². The summed E-state index contributed by atoms with van der Waals surface area (Å²) >= 11 is 0. The highest BCUT2D eigenvalue weighted by molar-refractivity contribution is 5.73. The fourth-order valence-electron chi connectivity index (χ4n) is 4.47. The fraction of sp³-hybridized carbons (Fsp3) is 0.963. The van der Waals surface area contributed by atoms with Crippen LogP contribution in [-0.4, -0.2) is 5.91 Å². The highest BCUT2D eigenvalue weighted by atomic mass is 16.1. The Hall–Kier alpha value is -0.530. The van der Waals surface area contributed by atoms with Gasteiger partial charge in [-0.2, -0.15) is 0 Å². The number of unbranched alkanes of at least 4 members (excludes halogenated alkanes) is 18. The van der Waals surface area contributed by atoms with Gasteiger partial charge in [0.15, 0.2) is 0 Å². The zero-order chi connectivity index (χ0) is 21.4. The molecule has 0 bridgehead atoms. The molecule has 0 aromatic heterocycles. The maximum Gasteiger partial charge on any atom is 0.217 e. The van der Waals surface area contributed by atoms with E-state index >= 15 is 0 Å². The van der Waals surface area contributed by atoms with Gasteiger partial charge in [-0.05, 0) is 18.8 Å². The van der Waals surface area contributed by atoms with Crippen LogP contribution in [0.1, 0.15) is 162 Å². The highest BCUT2D eigenvalue weighted by Gasteiger charge is 2.11. The molecule has 0 saturated heterocycles. The number of primary amides is 1. The molecule has 0 aromatic rings. The smallest absolute Gasteiger partial charge is 0.217 e. The summed E-state index contributed by atoms with van der Waals surface area (Å²) in [6.07, 6.45) is 30.6. The van der Waals surface area contributed by atoms with Gasteiger partial charge in [0, 0.05) is 6.42 Å². The van der Waals surface area contributed by atoms with Gasteiger partial charge in [-0.3, -0.25) is 4.79 Å². The second-order valence-electron chi connectivity index (χ2n) is 9.48. The largest absolute Gasteiger partial charge is 0.370 e. The van der Waals surface area contributed by atoms with Crippen LogP contribution < -0.4 is 5.73 Å². The highest BCUT2D eigenvalue weighted by Crippen LogP contribution is 2.22. The van der Waals surface area contributed by atoms with E-state index in [1.165, 1.54) is 141 Å². The molecule has 0 aliphatic rings. The summed E-state index contributed by atoms with van der Waals surface area (Å²) in [7, 11) is 0. The summed E-state index contributed by atoms with van der Waals surface area (Å²) in [6.45, 7) is 4.56. The van der Waals surface area contributed by atoms with E-state index in [0.717, 1.165) is 0 Å². The monoisotopic (exact) mass is 409 g/mol. The van der Waals surface area contributed by atoms with Crippen molar-refractivity contribution in [1.29, 1.82) is 0 Å². The quantitative estimate of drug-likeness (QED) is 0.159. The molecular formula is C27H55NO. The summed E-state index contributed by atoms with van der Waals surface area (Å²) in [5.41, 5.74) is 5.49. The van der Waals surface area contributed by atoms with E-state index in [4.69, 9.17) is 5.73 Å². The first-order valence-electron chi connectivity index (χ1n) is 13.5. The minimum Gasteiger partial charge on any atom is -0.370 e. The van der Waals surface area contributed by atoms with Crippen molar-refractivity contribution in [3.63, 3.8) is 0 Å². The van der Waals surface area contributed by atoms with Crippen molar-refractivity contribution in [2.75, 3.05) is 0 Å². The lowest BCUT2D eigenvalue weighted by Crippen LogP contribution is -2.16. The number of hydrogen-bond acceptors (Lipinski definition) is 1. The summed E-state index contributed by atoms with van der Waals surface area (Å²) in [5, 5.41) is 0. The normalized spacial score (nSPS) is 11.4. The van der Waals surface area contributed by atoms with Crippen LogP contribution in [0.3, 0.4) is 0 Å². The van der Waals surface area contributed by atoms with Crippen molar-refractivity contribution >= 4 is 5.91 Å². The predicted molar refractivity (Wildman–Crippen MR) is 130 cm³/mol. The number of rotatable bonds is 24. The average Bonchev–Trinajstić information content (AvgIpc) is 2.70. The van der Waals surface area contributed by atoms with Crippen LogP contribution in [-0.2, 0) is 4.79 Å². The molecule has 0 aliphatic heterocycles. The Morgan fingerprint density at radius 3 is 1.07 bits per heavy atom. The Kier molecular flexibility index (Phi) is 23.3. The molecule has 0 rings (SSSR count). The van der Waals surface area contributed by atoms with E-state index in [9.17, 15) is 4.79 Å². The topological polar surface area (TPSA) is 43.1 Å². The van der Waals surface area contributed by atoms with Crippen molar-refractivity contribution in [2.45, 2.75) is 162 Å². The molecule has 0 radical (unpaired) electrons. The molecule has 1 amide bonds. The van der Waals surface area contributed by atoms with Gasteiger partial charge in [0.2, 0.25) is 5.91 Å². The zero-order valence-corrected chi connectivity index (χ0v) is 20.3. The molecule has 174 valence electrons. The van der Waals surface area contributed by atoms with E-state index in [2.05, 4.69) is 13.8 Å². The van der Waals surface area contributed by atoms with E-state index in [0.29, 0.717) is 12.3 Å². The van der Waals surface area contributed by atoms with Crippen molar-refractivity contribution in [3.05, 3.63) is 0 Å². The first-order chi connectivity index (χ1) is 14.2. The first kappa shape index (κ1) is 28.5. The van der Waals surface area contributed by atoms with Gasteiger partial charge < -0.3 is 5.73 Å². The summed E-state index contributed by atoms with van der Waals surface area (Å²) < 4.78 is 0. The van der Waals surface area contributed by atoms with Gasteiger partial charge in [0.1, 0.15) is 0 Å². The Morgan fingerprint density at radius 1 is 0.517 bits per heavy atom. The molecule has 2 N–H and O–H groups in total. The van der Waals surface area contributed by atoms with Gasteiger partial charge >= 0.3 is 0 Å². The van der Waals surface area contributed by atoms with Crippen LogP contribution in [0.5, 0.6) is 0 Å². The third kappa shape index (κ3) is 23.6. The van der Waals surface area contributed by atoms with E-state index in [1.807, 2.05) is 0 Å². The van der Waals surface area contributed by atoms with Crippen LogP contribution in [0.2, 0.25) is 0 Å². The molecule has 0 aliphatic carbocycles. The van der Waals surface area contributed by atoms with Crippen LogP contribution >= 0.6 is 0 Å². The number of carbonyl (C=O) groups is 1. The van der Waals surface area contributed by atoms with Crippen molar-refractivity contribution in [3.8, 4) is 0 Å². The molecule has 0 unspecified atom stereocenters. The molecule has 0 spiro atoms. The first-order valence-corrected chi connectivity index (χ1v) is 13.5. The van der Waals surface area contributed by atoms with Gasteiger partial charge in [0.05, 0.1) is 0 Å². The predicted octanol–water partition coefficient (Wildman–Crippen LogP) is 9.10. The fourth-order valence-corrected chi connectivity index (χ4v) is 4.47. The number of carbonyl (C=O) groups excluding carboxylic acids is 1. The van der Waals surface area contributed by atoms with Crippen molar-refractivity contribution in [1.82, 2.24) is 0 Å². The van der Waals surface area contributed by atoms with Gasteiger partial charge in [-0.15, -0.1) is 0 Å². The maximum atomic E-state index is 11.4. The van der Waals surface area contributed by atoms with Crippen LogP contribution in [0.4, 0.5) is 0 Å². The minimum atomic E-state index is -0.103. The second-order valence-corrected chi connectivity index (χ2v) is 9.48. The van der Waals surface area contributed by atoms with Gasteiger partial charge in [-0.25, -0.2) is 0 Å². The van der Waals surface area contributed by atoms with E-state index in [1.54, 1.807) is 0 Å². The Labute approximate surface area is 184 Å². The molecule has 2 nitrogen and oxygen atoms in total. The molecule has 29 heavy (non-hydrogen) atoms. The third-order valence-electron chi connectivity index (χ3n) is 6.42. The van der Waals surface area contributed by atoms with E-state index in [-0.39, 0.29) is 5.91 Å². The number of amides is 1. The van der Waals surface area contributed by atoms with Crippen LogP contribution in [0.25, 0.3) is 0 Å². The average molecular weight is 410 g/mol. The molecule has 0 atom stereocenters.